The average Bonchev–Trinajstić information content (AvgIpc) is 2.65. The second-order valence-corrected chi connectivity index (χ2v) is 8.54. The van der Waals surface area contributed by atoms with E-state index in [0.29, 0.717) is 23.1 Å². The van der Waals surface area contributed by atoms with Crippen LogP contribution in [-0.2, 0) is 9.84 Å². The molecule has 0 aliphatic carbocycles. The normalized spacial score (nSPS) is 11.2. The molecule has 0 unspecified atom stereocenters. The molecule has 3 aromatic rings. The highest BCUT2D eigenvalue weighted by atomic mass is 32.2. The second-order valence-electron chi connectivity index (χ2n) is 6.56. The van der Waals surface area contributed by atoms with Gasteiger partial charge in [0.25, 0.3) is 5.91 Å². The van der Waals surface area contributed by atoms with Crippen LogP contribution in [0.15, 0.2) is 59.5 Å². The lowest BCUT2D eigenvalue weighted by Crippen LogP contribution is -2.15. The van der Waals surface area contributed by atoms with E-state index in [4.69, 9.17) is 4.74 Å². The standard InChI is InChI=1S/C21H17F2NO5S/c1-12-9-15(29-14-5-3-13(22)4-6-14)7-8-16(12)21(26)24-18-11-20(30(2,27)28)19(25)10-17(18)23/h3-11,25H,1-2H3,(H,24,26). The van der Waals surface area contributed by atoms with Crippen LogP contribution in [0.3, 0.4) is 0 Å². The Morgan fingerprint density at radius 2 is 1.63 bits per heavy atom. The third kappa shape index (κ3) is 4.74. The molecule has 0 spiro atoms. The molecule has 30 heavy (non-hydrogen) atoms. The number of aryl methyl sites for hydroxylation is 1. The predicted octanol–water partition coefficient (Wildman–Crippen LogP) is 4.43. The molecule has 6 nitrogen and oxygen atoms in total. The maximum Gasteiger partial charge on any atom is 0.256 e. The van der Waals surface area contributed by atoms with Crippen molar-refractivity contribution in [2.75, 3.05) is 11.6 Å². The molecule has 3 rings (SSSR count). The molecule has 0 atom stereocenters. The highest BCUT2D eigenvalue weighted by Crippen LogP contribution is 2.30. The van der Waals surface area contributed by atoms with Gasteiger partial charge in [0.2, 0.25) is 0 Å². The Hall–Kier alpha value is -3.46. The molecule has 0 aliphatic heterocycles. The third-order valence-electron chi connectivity index (χ3n) is 4.19. The van der Waals surface area contributed by atoms with Gasteiger partial charge < -0.3 is 15.2 Å². The SMILES string of the molecule is Cc1cc(Oc2ccc(F)cc2)ccc1C(=O)Nc1cc(S(C)(=O)=O)c(O)cc1F. The van der Waals surface area contributed by atoms with Crippen LogP contribution < -0.4 is 10.1 Å². The highest BCUT2D eigenvalue weighted by molar-refractivity contribution is 7.90. The molecule has 0 aliphatic rings. The van der Waals surface area contributed by atoms with Gasteiger partial charge in [0, 0.05) is 17.9 Å². The van der Waals surface area contributed by atoms with Gasteiger partial charge in [-0.1, -0.05) is 0 Å². The van der Waals surface area contributed by atoms with E-state index in [1.165, 1.54) is 36.4 Å². The number of amides is 1. The van der Waals surface area contributed by atoms with E-state index in [1.807, 2.05) is 0 Å². The monoisotopic (exact) mass is 433 g/mol. The number of nitrogens with one attached hydrogen (secondary N) is 1. The predicted molar refractivity (Wildman–Crippen MR) is 107 cm³/mol. The topological polar surface area (TPSA) is 92.7 Å². The summed E-state index contributed by atoms with van der Waals surface area (Å²) < 4.78 is 56.1. The average molecular weight is 433 g/mol. The van der Waals surface area contributed by atoms with Gasteiger partial charge in [-0.05, 0) is 61.0 Å². The number of sulfone groups is 1. The van der Waals surface area contributed by atoms with Crippen molar-refractivity contribution < 1.29 is 31.8 Å². The minimum absolute atomic E-state index is 0.204. The molecule has 0 bridgehead atoms. The van der Waals surface area contributed by atoms with Crippen molar-refractivity contribution in [3.8, 4) is 17.2 Å². The Balaban J connectivity index is 1.83. The summed E-state index contributed by atoms with van der Waals surface area (Å²) in [4.78, 5) is 12.1. The highest BCUT2D eigenvalue weighted by Gasteiger charge is 2.19. The molecule has 0 fully saturated rings. The number of rotatable bonds is 5. The quantitative estimate of drug-likeness (QED) is 0.459. The first-order valence-electron chi connectivity index (χ1n) is 8.62. The number of aromatic hydroxyl groups is 1. The fraction of sp³-hybridized carbons (Fsp3) is 0.0952. The number of hydrogen-bond donors (Lipinski definition) is 2. The zero-order valence-electron chi connectivity index (χ0n) is 15.9. The molecule has 0 saturated carbocycles. The van der Waals surface area contributed by atoms with E-state index in [1.54, 1.807) is 13.0 Å². The first-order chi connectivity index (χ1) is 14.0. The van der Waals surface area contributed by atoms with E-state index >= 15 is 0 Å². The summed E-state index contributed by atoms with van der Waals surface area (Å²) in [5.74, 6) is -1.98. The van der Waals surface area contributed by atoms with Crippen LogP contribution >= 0.6 is 0 Å². The Morgan fingerprint density at radius 1 is 1.00 bits per heavy atom. The van der Waals surface area contributed by atoms with Gasteiger partial charge in [-0.2, -0.15) is 0 Å². The third-order valence-corrected chi connectivity index (χ3v) is 5.31. The zero-order valence-corrected chi connectivity index (χ0v) is 16.8. The summed E-state index contributed by atoms with van der Waals surface area (Å²) in [6.07, 6.45) is 0.857. The smallest absolute Gasteiger partial charge is 0.256 e. The van der Waals surface area contributed by atoms with Gasteiger partial charge >= 0.3 is 0 Å². The summed E-state index contributed by atoms with van der Waals surface area (Å²) in [5.41, 5.74) is 0.328. The fourth-order valence-electron chi connectivity index (χ4n) is 2.72. The van der Waals surface area contributed by atoms with Crippen LogP contribution in [-0.4, -0.2) is 25.7 Å². The van der Waals surface area contributed by atoms with Crippen molar-refractivity contribution in [3.63, 3.8) is 0 Å². The lowest BCUT2D eigenvalue weighted by molar-refractivity contribution is 0.102. The van der Waals surface area contributed by atoms with Gasteiger partial charge in [0.15, 0.2) is 9.84 Å². The van der Waals surface area contributed by atoms with Gasteiger partial charge in [0.1, 0.15) is 33.8 Å². The van der Waals surface area contributed by atoms with Crippen molar-refractivity contribution in [1.29, 1.82) is 0 Å². The van der Waals surface area contributed by atoms with E-state index in [-0.39, 0.29) is 11.3 Å². The molecule has 0 saturated heterocycles. The van der Waals surface area contributed by atoms with Crippen LogP contribution in [0.2, 0.25) is 0 Å². The van der Waals surface area contributed by atoms with Gasteiger partial charge in [0.05, 0.1) is 5.69 Å². The van der Waals surface area contributed by atoms with Crippen LogP contribution in [0.4, 0.5) is 14.5 Å². The Labute approximate surface area is 171 Å². The van der Waals surface area contributed by atoms with Crippen molar-refractivity contribution in [1.82, 2.24) is 0 Å². The maximum absolute atomic E-state index is 14.1. The number of carbonyl (C=O) groups is 1. The molecule has 0 heterocycles. The van der Waals surface area contributed by atoms with E-state index in [2.05, 4.69) is 5.32 Å². The van der Waals surface area contributed by atoms with Crippen LogP contribution in [0.5, 0.6) is 17.2 Å². The maximum atomic E-state index is 14.1. The van der Waals surface area contributed by atoms with Crippen LogP contribution in [0, 0.1) is 18.6 Å². The Morgan fingerprint density at radius 3 is 2.23 bits per heavy atom. The molecule has 3 aromatic carbocycles. The summed E-state index contributed by atoms with van der Waals surface area (Å²) in [6.45, 7) is 1.64. The summed E-state index contributed by atoms with van der Waals surface area (Å²) in [7, 11) is -3.83. The lowest BCUT2D eigenvalue weighted by Gasteiger charge is -2.12. The lowest BCUT2D eigenvalue weighted by atomic mass is 10.1. The molecule has 2 N–H and O–H groups in total. The first-order valence-corrected chi connectivity index (χ1v) is 10.5. The Kier molecular flexibility index (Phi) is 5.75. The van der Waals surface area contributed by atoms with Crippen molar-refractivity contribution in [3.05, 3.63) is 77.4 Å². The van der Waals surface area contributed by atoms with E-state index < -0.39 is 38.0 Å². The Bertz CT molecular complexity index is 1220. The van der Waals surface area contributed by atoms with Crippen LogP contribution in [0.25, 0.3) is 0 Å². The summed E-state index contributed by atoms with van der Waals surface area (Å²) in [6, 6.07) is 11.4. The van der Waals surface area contributed by atoms with Crippen molar-refractivity contribution >= 4 is 21.4 Å². The van der Waals surface area contributed by atoms with Crippen LogP contribution in [0.1, 0.15) is 15.9 Å². The molecule has 1 amide bonds. The molecule has 9 heteroatoms. The number of hydrogen-bond acceptors (Lipinski definition) is 5. The zero-order chi connectivity index (χ0) is 22.1. The number of phenols is 1. The minimum Gasteiger partial charge on any atom is -0.506 e. The number of phenolic OH excluding ortho intramolecular Hbond substituents is 1. The first kappa shape index (κ1) is 21.3. The second kappa shape index (κ2) is 8.11. The van der Waals surface area contributed by atoms with Gasteiger partial charge in [-0.15, -0.1) is 0 Å². The summed E-state index contributed by atoms with van der Waals surface area (Å²) in [5, 5.41) is 12.0. The molecule has 0 radical (unpaired) electrons. The molecular weight excluding hydrogens is 416 g/mol. The number of carbonyl (C=O) groups excluding carboxylic acids is 1. The van der Waals surface area contributed by atoms with Crippen molar-refractivity contribution in [2.24, 2.45) is 0 Å². The number of anilines is 1. The van der Waals surface area contributed by atoms with Crippen molar-refractivity contribution in [2.45, 2.75) is 11.8 Å². The van der Waals surface area contributed by atoms with E-state index in [0.717, 1.165) is 12.3 Å². The van der Waals surface area contributed by atoms with E-state index in [9.17, 15) is 27.1 Å². The number of halogens is 2. The minimum atomic E-state index is -3.83. The van der Waals surface area contributed by atoms with Gasteiger partial charge in [-0.25, -0.2) is 17.2 Å². The molecule has 0 aromatic heterocycles. The number of ether oxygens (including phenoxy) is 1. The largest absolute Gasteiger partial charge is 0.506 e. The molecular formula is C21H17F2NO5S. The fourth-order valence-corrected chi connectivity index (χ4v) is 3.49. The number of benzene rings is 3. The van der Waals surface area contributed by atoms with Gasteiger partial charge in [-0.3, -0.25) is 4.79 Å². The summed E-state index contributed by atoms with van der Waals surface area (Å²) >= 11 is 0. The molecule has 156 valence electrons.